The standard InChI is InChI=1S/C13H18N2.2ClH/c1-2-5-12(6-3-1)9-15-11-13-7-4-8-14-10-13;;/h1-2,4,7-8,10,12,15H,3,5-6,9,11H2;2*1H. The number of aromatic nitrogens is 1. The van der Waals surface area contributed by atoms with Gasteiger partial charge in [-0.2, -0.15) is 0 Å². The van der Waals surface area contributed by atoms with Crippen LogP contribution in [0.15, 0.2) is 36.7 Å². The summed E-state index contributed by atoms with van der Waals surface area (Å²) in [5, 5.41) is 3.50. The van der Waals surface area contributed by atoms with Crippen LogP contribution in [0.4, 0.5) is 0 Å². The number of hydrogen-bond acceptors (Lipinski definition) is 2. The second-order valence-corrected chi connectivity index (χ2v) is 4.14. The van der Waals surface area contributed by atoms with Gasteiger partial charge in [0.2, 0.25) is 0 Å². The molecule has 1 aromatic rings. The summed E-state index contributed by atoms with van der Waals surface area (Å²) in [4.78, 5) is 4.10. The van der Waals surface area contributed by atoms with E-state index in [-0.39, 0.29) is 24.8 Å². The number of halogens is 2. The van der Waals surface area contributed by atoms with Gasteiger partial charge in [0.25, 0.3) is 0 Å². The Morgan fingerprint density at radius 1 is 1.29 bits per heavy atom. The highest BCUT2D eigenvalue weighted by Crippen LogP contribution is 2.16. The third kappa shape index (κ3) is 6.06. The summed E-state index contributed by atoms with van der Waals surface area (Å²) in [5.41, 5.74) is 1.27. The van der Waals surface area contributed by atoms with Crippen LogP contribution in [0.2, 0.25) is 0 Å². The molecule has 1 aromatic heterocycles. The van der Waals surface area contributed by atoms with Crippen LogP contribution < -0.4 is 5.32 Å². The topological polar surface area (TPSA) is 24.9 Å². The van der Waals surface area contributed by atoms with Gasteiger partial charge in [-0.05, 0) is 43.4 Å². The fraction of sp³-hybridized carbons (Fsp3) is 0.462. The summed E-state index contributed by atoms with van der Waals surface area (Å²) >= 11 is 0. The lowest BCUT2D eigenvalue weighted by Crippen LogP contribution is -2.23. The first-order valence-electron chi connectivity index (χ1n) is 5.70. The highest BCUT2D eigenvalue weighted by atomic mass is 35.5. The predicted molar refractivity (Wildman–Crippen MR) is 76.9 cm³/mol. The molecule has 2 rings (SSSR count). The molecular weight excluding hydrogens is 255 g/mol. The molecular formula is C13H20Cl2N2. The van der Waals surface area contributed by atoms with E-state index >= 15 is 0 Å². The van der Waals surface area contributed by atoms with Crippen LogP contribution >= 0.6 is 24.8 Å². The molecule has 96 valence electrons. The van der Waals surface area contributed by atoms with Crippen molar-refractivity contribution in [3.8, 4) is 0 Å². The molecule has 0 saturated carbocycles. The molecule has 1 heterocycles. The van der Waals surface area contributed by atoms with Gasteiger partial charge in [0, 0.05) is 18.9 Å². The van der Waals surface area contributed by atoms with E-state index < -0.39 is 0 Å². The average molecular weight is 275 g/mol. The number of allylic oxidation sites excluding steroid dienone is 2. The summed E-state index contributed by atoms with van der Waals surface area (Å²) in [6, 6.07) is 4.10. The van der Waals surface area contributed by atoms with E-state index in [1.54, 1.807) is 0 Å². The van der Waals surface area contributed by atoms with Crippen molar-refractivity contribution in [1.82, 2.24) is 10.3 Å². The number of nitrogens with one attached hydrogen (secondary N) is 1. The van der Waals surface area contributed by atoms with Crippen LogP contribution in [0.25, 0.3) is 0 Å². The fourth-order valence-electron chi connectivity index (χ4n) is 1.97. The summed E-state index contributed by atoms with van der Waals surface area (Å²) in [6.45, 7) is 2.06. The lowest BCUT2D eigenvalue weighted by atomic mass is 9.94. The lowest BCUT2D eigenvalue weighted by Gasteiger charge is -2.18. The van der Waals surface area contributed by atoms with Crippen molar-refractivity contribution >= 4 is 24.8 Å². The van der Waals surface area contributed by atoms with Gasteiger partial charge >= 0.3 is 0 Å². The lowest BCUT2D eigenvalue weighted by molar-refractivity contribution is 0.440. The van der Waals surface area contributed by atoms with Crippen molar-refractivity contribution in [3.63, 3.8) is 0 Å². The summed E-state index contributed by atoms with van der Waals surface area (Å²) in [7, 11) is 0. The van der Waals surface area contributed by atoms with Crippen molar-refractivity contribution in [2.45, 2.75) is 25.8 Å². The maximum absolute atomic E-state index is 4.10. The molecule has 1 aliphatic rings. The van der Waals surface area contributed by atoms with Gasteiger partial charge in [-0.3, -0.25) is 4.98 Å². The van der Waals surface area contributed by atoms with Crippen LogP contribution in [0.3, 0.4) is 0 Å². The third-order valence-corrected chi connectivity index (χ3v) is 2.86. The van der Waals surface area contributed by atoms with Crippen molar-refractivity contribution in [2.75, 3.05) is 6.54 Å². The first-order chi connectivity index (χ1) is 7.45. The number of nitrogens with zero attached hydrogens (tertiary/aromatic N) is 1. The normalized spacial score (nSPS) is 18.0. The van der Waals surface area contributed by atoms with Crippen LogP contribution in [0, 0.1) is 5.92 Å². The van der Waals surface area contributed by atoms with Gasteiger partial charge in [-0.25, -0.2) is 0 Å². The minimum Gasteiger partial charge on any atom is -0.312 e. The smallest absolute Gasteiger partial charge is 0.0312 e. The van der Waals surface area contributed by atoms with Gasteiger partial charge in [0.05, 0.1) is 0 Å². The van der Waals surface area contributed by atoms with Crippen LogP contribution in [0.5, 0.6) is 0 Å². The molecule has 0 amide bonds. The van der Waals surface area contributed by atoms with E-state index in [1.807, 2.05) is 18.5 Å². The number of pyridine rings is 1. The van der Waals surface area contributed by atoms with Gasteiger partial charge in [0.15, 0.2) is 0 Å². The third-order valence-electron chi connectivity index (χ3n) is 2.86. The van der Waals surface area contributed by atoms with Gasteiger partial charge < -0.3 is 5.32 Å². The SMILES string of the molecule is C1=CCC(CNCc2cccnc2)CC1.Cl.Cl. The molecule has 0 spiro atoms. The minimum atomic E-state index is 0. The van der Waals surface area contributed by atoms with Gasteiger partial charge in [0.1, 0.15) is 0 Å². The monoisotopic (exact) mass is 274 g/mol. The molecule has 0 aliphatic heterocycles. The van der Waals surface area contributed by atoms with E-state index in [1.165, 1.54) is 24.8 Å². The second-order valence-electron chi connectivity index (χ2n) is 4.14. The summed E-state index contributed by atoms with van der Waals surface area (Å²) in [6.07, 6.45) is 12.1. The minimum absolute atomic E-state index is 0. The van der Waals surface area contributed by atoms with E-state index in [2.05, 4.69) is 28.5 Å². The van der Waals surface area contributed by atoms with Gasteiger partial charge in [-0.15, -0.1) is 24.8 Å². The molecule has 1 N–H and O–H groups in total. The zero-order valence-corrected chi connectivity index (χ0v) is 11.5. The average Bonchev–Trinajstić information content (AvgIpc) is 2.32. The molecule has 1 unspecified atom stereocenters. The van der Waals surface area contributed by atoms with E-state index in [9.17, 15) is 0 Å². The molecule has 2 nitrogen and oxygen atoms in total. The van der Waals surface area contributed by atoms with E-state index in [0.29, 0.717) is 0 Å². The molecule has 17 heavy (non-hydrogen) atoms. The predicted octanol–water partition coefficient (Wildman–Crippen LogP) is 3.37. The maximum atomic E-state index is 4.10. The van der Waals surface area contributed by atoms with Crippen molar-refractivity contribution in [2.24, 2.45) is 5.92 Å². The molecule has 0 aromatic carbocycles. The Labute approximate surface area is 116 Å². The summed E-state index contributed by atoms with van der Waals surface area (Å²) < 4.78 is 0. The number of rotatable bonds is 4. The highest BCUT2D eigenvalue weighted by molar-refractivity contribution is 5.85. The van der Waals surface area contributed by atoms with Crippen LogP contribution in [-0.4, -0.2) is 11.5 Å². The van der Waals surface area contributed by atoms with Crippen molar-refractivity contribution < 1.29 is 0 Å². The Morgan fingerprint density at radius 2 is 2.18 bits per heavy atom. The van der Waals surface area contributed by atoms with E-state index in [0.717, 1.165) is 19.0 Å². The fourth-order valence-corrected chi connectivity index (χ4v) is 1.97. The Morgan fingerprint density at radius 3 is 2.82 bits per heavy atom. The maximum Gasteiger partial charge on any atom is 0.0312 e. The highest BCUT2D eigenvalue weighted by Gasteiger charge is 2.08. The van der Waals surface area contributed by atoms with Gasteiger partial charge in [-0.1, -0.05) is 18.2 Å². The zero-order valence-electron chi connectivity index (χ0n) is 9.84. The number of hydrogen-bond donors (Lipinski definition) is 1. The van der Waals surface area contributed by atoms with Crippen LogP contribution in [-0.2, 0) is 6.54 Å². The Bertz CT molecular complexity index is 314. The van der Waals surface area contributed by atoms with Crippen LogP contribution in [0.1, 0.15) is 24.8 Å². The molecule has 1 atom stereocenters. The first-order valence-corrected chi connectivity index (χ1v) is 5.70. The second kappa shape index (κ2) is 9.46. The first kappa shape index (κ1) is 16.4. The Hall–Kier alpha value is -0.570. The largest absolute Gasteiger partial charge is 0.312 e. The van der Waals surface area contributed by atoms with E-state index in [4.69, 9.17) is 0 Å². The van der Waals surface area contributed by atoms with Crippen molar-refractivity contribution in [1.29, 1.82) is 0 Å². The molecule has 1 aliphatic carbocycles. The molecule has 0 fully saturated rings. The summed E-state index contributed by atoms with van der Waals surface area (Å²) in [5.74, 6) is 0.826. The Kier molecular flexibility index (Phi) is 9.14. The molecule has 0 radical (unpaired) electrons. The van der Waals surface area contributed by atoms with Crippen molar-refractivity contribution in [3.05, 3.63) is 42.2 Å². The molecule has 0 saturated heterocycles. The Balaban J connectivity index is 0.00000128. The zero-order chi connectivity index (χ0) is 10.3. The molecule has 4 heteroatoms. The molecule has 0 bridgehead atoms. The quantitative estimate of drug-likeness (QED) is 0.852.